The molecule has 2 aromatic carbocycles. The van der Waals surface area contributed by atoms with Gasteiger partial charge in [-0.25, -0.2) is 0 Å². The van der Waals surface area contributed by atoms with Crippen molar-refractivity contribution in [3.8, 4) is 5.75 Å². The third kappa shape index (κ3) is 4.38. The SMILES string of the molecule is COc1cn(Cc2cccc(Cl)c2C)c(Nc2cccc(N(C)C)c2C)nc1=O. The fraction of sp³-hybridized carbons (Fsp3) is 0.273. The van der Waals surface area contributed by atoms with Crippen molar-refractivity contribution in [1.82, 2.24) is 9.55 Å². The Morgan fingerprint density at radius 2 is 1.86 bits per heavy atom. The highest BCUT2D eigenvalue weighted by Gasteiger charge is 2.13. The molecule has 0 aliphatic rings. The molecule has 0 saturated carbocycles. The van der Waals surface area contributed by atoms with Crippen LogP contribution in [0, 0.1) is 13.8 Å². The first-order chi connectivity index (χ1) is 13.8. The highest BCUT2D eigenvalue weighted by molar-refractivity contribution is 6.31. The number of nitrogens with one attached hydrogen (secondary N) is 1. The van der Waals surface area contributed by atoms with Crippen molar-refractivity contribution >= 4 is 28.9 Å². The summed E-state index contributed by atoms with van der Waals surface area (Å²) < 4.78 is 7.06. The highest BCUT2D eigenvalue weighted by Crippen LogP contribution is 2.28. The lowest BCUT2D eigenvalue weighted by Crippen LogP contribution is -2.19. The highest BCUT2D eigenvalue weighted by atomic mass is 35.5. The summed E-state index contributed by atoms with van der Waals surface area (Å²) >= 11 is 6.28. The van der Waals surface area contributed by atoms with Crippen LogP contribution in [0.1, 0.15) is 16.7 Å². The minimum Gasteiger partial charge on any atom is -0.490 e. The Morgan fingerprint density at radius 3 is 2.55 bits per heavy atom. The Balaban J connectivity index is 2.07. The molecule has 1 aromatic heterocycles. The fourth-order valence-electron chi connectivity index (χ4n) is 3.20. The molecule has 29 heavy (non-hydrogen) atoms. The average molecular weight is 413 g/mol. The molecule has 7 heteroatoms. The minimum absolute atomic E-state index is 0.189. The summed E-state index contributed by atoms with van der Waals surface area (Å²) in [4.78, 5) is 18.6. The molecule has 0 amide bonds. The summed E-state index contributed by atoms with van der Waals surface area (Å²) in [5.41, 5.74) is 4.63. The monoisotopic (exact) mass is 412 g/mol. The van der Waals surface area contributed by atoms with Crippen LogP contribution in [-0.4, -0.2) is 30.8 Å². The Hall–Kier alpha value is -2.99. The summed E-state index contributed by atoms with van der Waals surface area (Å²) in [5.74, 6) is 0.628. The quantitative estimate of drug-likeness (QED) is 0.651. The van der Waals surface area contributed by atoms with E-state index in [1.54, 1.807) is 6.20 Å². The molecule has 0 saturated heterocycles. The van der Waals surface area contributed by atoms with Crippen LogP contribution in [0.3, 0.4) is 0 Å². The van der Waals surface area contributed by atoms with Gasteiger partial charge in [0.25, 0.3) is 0 Å². The van der Waals surface area contributed by atoms with Gasteiger partial charge in [-0.05, 0) is 48.7 Å². The molecule has 152 valence electrons. The number of anilines is 3. The molecule has 1 heterocycles. The van der Waals surface area contributed by atoms with E-state index < -0.39 is 5.56 Å². The van der Waals surface area contributed by atoms with E-state index in [0.717, 1.165) is 28.1 Å². The second-order valence-corrected chi connectivity index (χ2v) is 7.47. The summed E-state index contributed by atoms with van der Waals surface area (Å²) in [6.07, 6.45) is 1.67. The van der Waals surface area contributed by atoms with Crippen molar-refractivity contribution in [2.24, 2.45) is 0 Å². The van der Waals surface area contributed by atoms with Crippen LogP contribution in [0.15, 0.2) is 47.4 Å². The van der Waals surface area contributed by atoms with Crippen molar-refractivity contribution < 1.29 is 4.74 Å². The van der Waals surface area contributed by atoms with Crippen molar-refractivity contribution in [2.75, 3.05) is 31.4 Å². The maximum absolute atomic E-state index is 12.3. The van der Waals surface area contributed by atoms with Gasteiger partial charge in [-0.15, -0.1) is 0 Å². The van der Waals surface area contributed by atoms with Gasteiger partial charge < -0.3 is 19.5 Å². The topological polar surface area (TPSA) is 59.4 Å². The number of hydrogen-bond acceptors (Lipinski definition) is 5. The number of rotatable bonds is 6. The van der Waals surface area contributed by atoms with E-state index in [4.69, 9.17) is 16.3 Å². The smallest absolute Gasteiger partial charge is 0.316 e. The van der Waals surface area contributed by atoms with Crippen molar-refractivity contribution in [2.45, 2.75) is 20.4 Å². The molecule has 1 N–H and O–H groups in total. The first-order valence-electron chi connectivity index (χ1n) is 9.25. The molecule has 0 spiro atoms. The van der Waals surface area contributed by atoms with E-state index >= 15 is 0 Å². The Morgan fingerprint density at radius 1 is 1.14 bits per heavy atom. The van der Waals surface area contributed by atoms with Gasteiger partial charge >= 0.3 is 5.56 Å². The molecule has 0 aliphatic heterocycles. The van der Waals surface area contributed by atoms with Crippen LogP contribution in [0.4, 0.5) is 17.3 Å². The van der Waals surface area contributed by atoms with Crippen LogP contribution in [0.2, 0.25) is 5.02 Å². The van der Waals surface area contributed by atoms with Crippen LogP contribution < -0.4 is 20.5 Å². The van der Waals surface area contributed by atoms with E-state index in [-0.39, 0.29) is 5.75 Å². The van der Waals surface area contributed by atoms with Crippen LogP contribution in [0.5, 0.6) is 5.75 Å². The zero-order valence-electron chi connectivity index (χ0n) is 17.3. The van der Waals surface area contributed by atoms with Crippen LogP contribution in [-0.2, 0) is 6.54 Å². The molecule has 0 radical (unpaired) electrons. The molecule has 0 atom stereocenters. The summed E-state index contributed by atoms with van der Waals surface area (Å²) in [5, 5.41) is 4.02. The molecule has 6 nitrogen and oxygen atoms in total. The average Bonchev–Trinajstić information content (AvgIpc) is 2.68. The maximum atomic E-state index is 12.3. The van der Waals surface area contributed by atoms with Gasteiger partial charge in [0.2, 0.25) is 11.7 Å². The summed E-state index contributed by atoms with van der Waals surface area (Å²) in [7, 11) is 5.45. The maximum Gasteiger partial charge on any atom is 0.316 e. The second-order valence-electron chi connectivity index (χ2n) is 7.06. The first kappa shape index (κ1) is 20.7. The second kappa shape index (κ2) is 8.57. The number of nitrogens with zero attached hydrogens (tertiary/aromatic N) is 3. The number of ether oxygens (including phenoxy) is 1. The predicted molar refractivity (Wildman–Crippen MR) is 119 cm³/mol. The normalized spacial score (nSPS) is 10.7. The van der Waals surface area contributed by atoms with Crippen molar-refractivity contribution in [1.29, 1.82) is 0 Å². The zero-order chi connectivity index (χ0) is 21.1. The van der Waals surface area contributed by atoms with E-state index in [1.807, 2.05) is 73.8 Å². The van der Waals surface area contributed by atoms with Gasteiger partial charge in [0.05, 0.1) is 19.9 Å². The van der Waals surface area contributed by atoms with Crippen LogP contribution >= 0.6 is 11.6 Å². The number of aromatic nitrogens is 2. The van der Waals surface area contributed by atoms with Gasteiger partial charge in [-0.2, -0.15) is 4.98 Å². The number of benzene rings is 2. The van der Waals surface area contributed by atoms with Crippen LogP contribution in [0.25, 0.3) is 0 Å². The molecule has 0 bridgehead atoms. The Bertz CT molecular complexity index is 1090. The molecular formula is C22H25ClN4O2. The van der Waals surface area contributed by atoms with Gasteiger partial charge in [-0.3, -0.25) is 4.79 Å². The first-order valence-corrected chi connectivity index (χ1v) is 9.63. The van der Waals surface area contributed by atoms with E-state index in [1.165, 1.54) is 7.11 Å². The molecule has 0 unspecified atom stereocenters. The largest absolute Gasteiger partial charge is 0.490 e. The number of hydrogen-bond donors (Lipinski definition) is 1. The molecule has 0 fully saturated rings. The molecule has 3 aromatic rings. The minimum atomic E-state index is -0.421. The van der Waals surface area contributed by atoms with Gasteiger partial charge in [0.15, 0.2) is 0 Å². The van der Waals surface area contributed by atoms with Crippen molar-refractivity contribution in [3.05, 3.63) is 74.7 Å². The summed E-state index contributed by atoms with van der Waals surface area (Å²) in [6.45, 7) is 4.50. The molecule has 3 rings (SSSR count). The van der Waals surface area contributed by atoms with Crippen molar-refractivity contribution in [3.63, 3.8) is 0 Å². The van der Waals surface area contributed by atoms with E-state index in [2.05, 4.69) is 10.3 Å². The number of halogens is 1. The third-order valence-electron chi connectivity index (χ3n) is 4.94. The van der Waals surface area contributed by atoms with Gasteiger partial charge in [0, 0.05) is 30.5 Å². The lowest BCUT2D eigenvalue weighted by molar-refractivity contribution is 0.402. The third-order valence-corrected chi connectivity index (χ3v) is 5.35. The summed E-state index contributed by atoms with van der Waals surface area (Å²) in [6, 6.07) is 11.8. The van der Waals surface area contributed by atoms with E-state index in [0.29, 0.717) is 17.5 Å². The number of methoxy groups -OCH3 is 1. The molecule has 0 aliphatic carbocycles. The Labute approximate surface area is 175 Å². The predicted octanol–water partition coefficient (Wildman–Crippen LogP) is 4.38. The Kier molecular flexibility index (Phi) is 6.13. The van der Waals surface area contributed by atoms with Gasteiger partial charge in [0.1, 0.15) is 0 Å². The molecular weight excluding hydrogens is 388 g/mol. The lowest BCUT2D eigenvalue weighted by Gasteiger charge is -2.20. The zero-order valence-corrected chi connectivity index (χ0v) is 18.0. The standard InChI is InChI=1S/C22H25ClN4O2/c1-14-16(8-6-9-17(14)23)12-27-13-20(29-5)21(28)25-22(27)24-18-10-7-11-19(15(18)2)26(3)4/h6-11,13H,12H2,1-5H3,(H,24,25,28). The van der Waals surface area contributed by atoms with Gasteiger partial charge in [-0.1, -0.05) is 29.8 Å². The fourth-order valence-corrected chi connectivity index (χ4v) is 3.40. The van der Waals surface area contributed by atoms with E-state index in [9.17, 15) is 4.79 Å². The lowest BCUT2D eigenvalue weighted by atomic mass is 10.1.